The molecule has 0 saturated heterocycles. The zero-order valence-corrected chi connectivity index (χ0v) is 10.8. The Morgan fingerprint density at radius 3 is 2.95 bits per heavy atom. The molecule has 2 aromatic rings. The number of ether oxygens (including phenoxy) is 1. The maximum Gasteiger partial charge on any atom is 0.363 e. The van der Waals surface area contributed by atoms with E-state index >= 15 is 0 Å². The fourth-order valence-electron chi connectivity index (χ4n) is 2.40. The summed E-state index contributed by atoms with van der Waals surface area (Å²) in [5, 5.41) is 23.6. The lowest BCUT2D eigenvalue weighted by Crippen LogP contribution is -2.12. The highest BCUT2D eigenvalue weighted by Crippen LogP contribution is 2.34. The van der Waals surface area contributed by atoms with Crippen LogP contribution >= 0.6 is 0 Å². The molecule has 1 unspecified atom stereocenters. The minimum absolute atomic E-state index is 0.0117. The molecule has 0 fully saturated rings. The Balaban J connectivity index is 1.88. The molecule has 21 heavy (non-hydrogen) atoms. The summed E-state index contributed by atoms with van der Waals surface area (Å²) in [5.41, 5.74) is -0.0607. The highest BCUT2D eigenvalue weighted by Gasteiger charge is 2.28. The monoisotopic (exact) mass is 289 g/mol. The average molecular weight is 289 g/mol. The molecule has 0 radical (unpaired) electrons. The zero-order chi connectivity index (χ0) is 15.0. The van der Waals surface area contributed by atoms with E-state index < -0.39 is 22.3 Å². The first kappa shape index (κ1) is 13.1. The van der Waals surface area contributed by atoms with E-state index in [9.17, 15) is 14.9 Å². The van der Waals surface area contributed by atoms with Crippen molar-refractivity contribution in [3.63, 3.8) is 0 Å². The summed E-state index contributed by atoms with van der Waals surface area (Å²) >= 11 is 0. The minimum atomic E-state index is -1.41. The van der Waals surface area contributed by atoms with Crippen LogP contribution in [-0.4, -0.2) is 32.4 Å². The fraction of sp³-hybridized carbons (Fsp3) is 0.231. The molecule has 8 nitrogen and oxygen atoms in total. The molecule has 1 aliphatic heterocycles. The predicted octanol–water partition coefficient (Wildman–Crippen LogP) is 1.67. The lowest BCUT2D eigenvalue weighted by molar-refractivity contribution is -0.385. The van der Waals surface area contributed by atoms with Gasteiger partial charge < -0.3 is 9.84 Å². The number of nitrogens with zero attached hydrogens (tertiary/aromatic N) is 3. The predicted molar refractivity (Wildman–Crippen MR) is 70.5 cm³/mol. The third-order valence-corrected chi connectivity index (χ3v) is 3.35. The number of aromatic carboxylic acids is 1. The van der Waals surface area contributed by atoms with Crippen molar-refractivity contribution in [1.82, 2.24) is 9.78 Å². The SMILES string of the molecule is O=C(O)c1nn(CC2COc3ccccc32)cc1[N+](=O)[O-]. The molecule has 8 heteroatoms. The minimum Gasteiger partial charge on any atom is -0.493 e. The number of aromatic nitrogens is 2. The van der Waals surface area contributed by atoms with E-state index in [2.05, 4.69) is 5.10 Å². The van der Waals surface area contributed by atoms with Crippen molar-refractivity contribution in [1.29, 1.82) is 0 Å². The van der Waals surface area contributed by atoms with E-state index in [0.29, 0.717) is 13.2 Å². The molecule has 0 aliphatic carbocycles. The zero-order valence-electron chi connectivity index (χ0n) is 10.8. The molecule has 1 aromatic heterocycles. The number of fused-ring (bicyclic) bond motifs is 1. The molecule has 1 N–H and O–H groups in total. The summed E-state index contributed by atoms with van der Waals surface area (Å²) in [5.74, 6) is -0.645. The van der Waals surface area contributed by atoms with Gasteiger partial charge >= 0.3 is 11.7 Å². The molecular weight excluding hydrogens is 278 g/mol. The summed E-state index contributed by atoms with van der Waals surface area (Å²) in [7, 11) is 0. The number of rotatable bonds is 4. The molecule has 0 bridgehead atoms. The second-order valence-corrected chi connectivity index (χ2v) is 4.69. The topological polar surface area (TPSA) is 107 Å². The van der Waals surface area contributed by atoms with Gasteiger partial charge in [0.05, 0.1) is 18.1 Å². The van der Waals surface area contributed by atoms with Gasteiger partial charge in [0.1, 0.15) is 11.9 Å². The normalized spacial score (nSPS) is 16.3. The summed E-state index contributed by atoms with van der Waals surface area (Å²) in [4.78, 5) is 21.1. The molecule has 1 atom stereocenters. The third kappa shape index (κ3) is 2.31. The van der Waals surface area contributed by atoms with Gasteiger partial charge in [-0.2, -0.15) is 5.10 Å². The molecule has 1 aliphatic rings. The van der Waals surface area contributed by atoms with E-state index in [-0.39, 0.29) is 5.92 Å². The van der Waals surface area contributed by atoms with E-state index in [4.69, 9.17) is 9.84 Å². The van der Waals surface area contributed by atoms with Gasteiger partial charge in [-0.05, 0) is 6.07 Å². The van der Waals surface area contributed by atoms with Gasteiger partial charge in [0, 0.05) is 11.5 Å². The van der Waals surface area contributed by atoms with Crippen molar-refractivity contribution >= 4 is 11.7 Å². The van der Waals surface area contributed by atoms with Gasteiger partial charge in [0.25, 0.3) is 0 Å². The van der Waals surface area contributed by atoms with Crippen LogP contribution in [0.15, 0.2) is 30.5 Å². The standard InChI is InChI=1S/C13H11N3O5/c17-13(18)12-10(16(19)20)6-15(14-12)5-8-7-21-11-4-2-1-3-9(8)11/h1-4,6,8H,5,7H2,(H,17,18). The molecule has 1 aromatic carbocycles. The van der Waals surface area contributed by atoms with Crippen molar-refractivity contribution in [3.05, 3.63) is 51.8 Å². The van der Waals surface area contributed by atoms with Gasteiger partial charge in [0.15, 0.2) is 0 Å². The summed E-state index contributed by atoms with van der Waals surface area (Å²) in [6.45, 7) is 0.764. The van der Waals surface area contributed by atoms with E-state index in [1.807, 2.05) is 24.3 Å². The summed E-state index contributed by atoms with van der Waals surface area (Å²) in [6, 6.07) is 7.52. The largest absolute Gasteiger partial charge is 0.493 e. The smallest absolute Gasteiger partial charge is 0.363 e. The van der Waals surface area contributed by atoms with Gasteiger partial charge in [-0.15, -0.1) is 0 Å². The van der Waals surface area contributed by atoms with E-state index in [1.54, 1.807) is 0 Å². The molecular formula is C13H11N3O5. The molecule has 0 amide bonds. The van der Waals surface area contributed by atoms with Crippen LogP contribution in [-0.2, 0) is 6.54 Å². The quantitative estimate of drug-likeness (QED) is 0.677. The van der Waals surface area contributed by atoms with Crippen molar-refractivity contribution in [2.45, 2.75) is 12.5 Å². The maximum atomic E-state index is 11.0. The number of carbonyl (C=O) groups is 1. The van der Waals surface area contributed by atoms with Crippen molar-refractivity contribution in [2.24, 2.45) is 0 Å². The maximum absolute atomic E-state index is 11.0. The van der Waals surface area contributed by atoms with Crippen LogP contribution in [0.5, 0.6) is 5.75 Å². The van der Waals surface area contributed by atoms with Gasteiger partial charge in [0.2, 0.25) is 5.69 Å². The van der Waals surface area contributed by atoms with Gasteiger partial charge in [-0.25, -0.2) is 4.79 Å². The Bertz CT molecular complexity index is 693. The van der Waals surface area contributed by atoms with Crippen molar-refractivity contribution < 1.29 is 19.6 Å². The van der Waals surface area contributed by atoms with Crippen LogP contribution in [0.25, 0.3) is 0 Å². The third-order valence-electron chi connectivity index (χ3n) is 3.35. The van der Waals surface area contributed by atoms with Crippen molar-refractivity contribution in [2.75, 3.05) is 6.61 Å². The van der Waals surface area contributed by atoms with Crippen LogP contribution in [0, 0.1) is 10.1 Å². The lowest BCUT2D eigenvalue weighted by Gasteiger charge is -2.08. The Hall–Kier alpha value is -2.90. The second kappa shape index (κ2) is 4.89. The Morgan fingerprint density at radius 1 is 1.52 bits per heavy atom. The second-order valence-electron chi connectivity index (χ2n) is 4.69. The van der Waals surface area contributed by atoms with Gasteiger partial charge in [-0.1, -0.05) is 18.2 Å². The molecule has 0 saturated carbocycles. The molecule has 108 valence electrons. The van der Waals surface area contributed by atoms with Crippen LogP contribution in [0.3, 0.4) is 0 Å². The first-order chi connectivity index (χ1) is 10.1. The van der Waals surface area contributed by atoms with Crippen LogP contribution < -0.4 is 4.74 Å². The van der Waals surface area contributed by atoms with E-state index in [0.717, 1.165) is 17.5 Å². The number of nitro groups is 1. The average Bonchev–Trinajstić information content (AvgIpc) is 3.04. The number of carboxylic acids is 1. The molecule has 3 rings (SSSR count). The fourth-order valence-corrected chi connectivity index (χ4v) is 2.40. The Labute approximate surface area is 118 Å². The number of hydrogen-bond donors (Lipinski definition) is 1. The highest BCUT2D eigenvalue weighted by molar-refractivity contribution is 5.89. The van der Waals surface area contributed by atoms with Crippen molar-refractivity contribution in [3.8, 4) is 5.75 Å². The Kier molecular flexibility index (Phi) is 3.05. The van der Waals surface area contributed by atoms with E-state index in [1.165, 1.54) is 4.68 Å². The summed E-state index contributed by atoms with van der Waals surface area (Å²) < 4.78 is 6.81. The number of benzene rings is 1. The number of hydrogen-bond acceptors (Lipinski definition) is 5. The first-order valence-corrected chi connectivity index (χ1v) is 6.23. The number of para-hydroxylation sites is 1. The Morgan fingerprint density at radius 2 is 2.29 bits per heavy atom. The summed E-state index contributed by atoms with van der Waals surface area (Å²) in [6.07, 6.45) is 1.14. The lowest BCUT2D eigenvalue weighted by atomic mass is 10.0. The first-order valence-electron chi connectivity index (χ1n) is 6.23. The molecule has 0 spiro atoms. The highest BCUT2D eigenvalue weighted by atomic mass is 16.6. The van der Waals surface area contributed by atoms with Crippen LogP contribution in [0.4, 0.5) is 5.69 Å². The number of carboxylic acid groups (broad SMARTS) is 1. The van der Waals surface area contributed by atoms with Crippen LogP contribution in [0.1, 0.15) is 22.0 Å². The van der Waals surface area contributed by atoms with Gasteiger partial charge in [-0.3, -0.25) is 14.8 Å². The molecule has 2 heterocycles. The van der Waals surface area contributed by atoms with Crippen LogP contribution in [0.2, 0.25) is 0 Å².